The summed E-state index contributed by atoms with van der Waals surface area (Å²) in [5.41, 5.74) is -0.367. The van der Waals surface area contributed by atoms with Crippen molar-refractivity contribution in [2.45, 2.75) is 26.4 Å². The first-order valence-corrected chi connectivity index (χ1v) is 4.47. The number of carbonyl (C=O) groups is 2. The van der Waals surface area contributed by atoms with Crippen LogP contribution in [0.25, 0.3) is 0 Å². The van der Waals surface area contributed by atoms with Gasteiger partial charge in [-0.25, -0.2) is 9.59 Å². The van der Waals surface area contributed by atoms with Crippen LogP contribution in [0.1, 0.15) is 20.3 Å². The summed E-state index contributed by atoms with van der Waals surface area (Å²) in [5, 5.41) is 0. The predicted molar refractivity (Wildman–Crippen MR) is 49.4 cm³/mol. The third kappa shape index (κ3) is 2.13. The Bertz CT molecular complexity index is 267. The molecule has 1 saturated heterocycles. The molecule has 1 rings (SSSR count). The molecule has 0 aromatic rings. The van der Waals surface area contributed by atoms with Crippen LogP contribution in [-0.4, -0.2) is 24.6 Å². The maximum absolute atomic E-state index is 11.3. The molecule has 78 valence electrons. The molecule has 4 nitrogen and oxygen atoms in total. The van der Waals surface area contributed by atoms with Crippen LogP contribution in [0.4, 0.5) is 0 Å². The highest BCUT2D eigenvalue weighted by Crippen LogP contribution is 2.32. The SMILES string of the molecule is C=CC(=O)OC1C(=O)OCCC1(C)C. The molecular weight excluding hydrogens is 184 g/mol. The van der Waals surface area contributed by atoms with Gasteiger partial charge in [0.2, 0.25) is 6.10 Å². The van der Waals surface area contributed by atoms with Crippen LogP contribution in [0.5, 0.6) is 0 Å². The normalized spacial score (nSPS) is 25.0. The first-order valence-electron chi connectivity index (χ1n) is 4.47. The fourth-order valence-electron chi connectivity index (χ4n) is 1.31. The van der Waals surface area contributed by atoms with Crippen LogP contribution in [0.15, 0.2) is 12.7 Å². The van der Waals surface area contributed by atoms with Crippen molar-refractivity contribution in [2.75, 3.05) is 6.61 Å². The number of rotatable bonds is 2. The predicted octanol–water partition coefficient (Wildman–Crippen LogP) is 1.06. The maximum Gasteiger partial charge on any atom is 0.348 e. The molecule has 14 heavy (non-hydrogen) atoms. The Hall–Kier alpha value is -1.32. The number of carbonyl (C=O) groups excluding carboxylic acids is 2. The smallest absolute Gasteiger partial charge is 0.348 e. The highest BCUT2D eigenvalue weighted by molar-refractivity contribution is 5.85. The van der Waals surface area contributed by atoms with Gasteiger partial charge in [0, 0.05) is 11.5 Å². The molecule has 0 N–H and O–H groups in total. The van der Waals surface area contributed by atoms with E-state index in [1.54, 1.807) is 0 Å². The van der Waals surface area contributed by atoms with Crippen molar-refractivity contribution in [3.05, 3.63) is 12.7 Å². The third-order valence-corrected chi connectivity index (χ3v) is 2.32. The van der Waals surface area contributed by atoms with Crippen molar-refractivity contribution in [1.29, 1.82) is 0 Å². The van der Waals surface area contributed by atoms with E-state index in [0.29, 0.717) is 13.0 Å². The molecular formula is C10H14O4. The zero-order valence-electron chi connectivity index (χ0n) is 8.41. The van der Waals surface area contributed by atoms with E-state index >= 15 is 0 Å². The number of ether oxygens (including phenoxy) is 2. The van der Waals surface area contributed by atoms with Gasteiger partial charge in [-0.05, 0) is 6.42 Å². The van der Waals surface area contributed by atoms with E-state index in [0.717, 1.165) is 6.08 Å². The number of hydrogen-bond acceptors (Lipinski definition) is 4. The van der Waals surface area contributed by atoms with E-state index < -0.39 is 18.0 Å². The summed E-state index contributed by atoms with van der Waals surface area (Å²) in [4.78, 5) is 22.3. The molecule has 0 spiro atoms. The van der Waals surface area contributed by atoms with Gasteiger partial charge in [-0.1, -0.05) is 20.4 Å². The minimum absolute atomic E-state index is 0.367. The zero-order chi connectivity index (χ0) is 10.8. The molecule has 1 aliphatic heterocycles. The third-order valence-electron chi connectivity index (χ3n) is 2.32. The lowest BCUT2D eigenvalue weighted by atomic mass is 9.82. The minimum atomic E-state index is -0.818. The Balaban J connectivity index is 2.75. The fraction of sp³-hybridized carbons (Fsp3) is 0.600. The number of hydrogen-bond donors (Lipinski definition) is 0. The van der Waals surface area contributed by atoms with Gasteiger partial charge in [0.15, 0.2) is 0 Å². The summed E-state index contributed by atoms with van der Waals surface area (Å²) >= 11 is 0. The number of cyclic esters (lactones) is 1. The Morgan fingerprint density at radius 2 is 2.36 bits per heavy atom. The molecule has 1 fully saturated rings. The van der Waals surface area contributed by atoms with Crippen molar-refractivity contribution in [1.82, 2.24) is 0 Å². The highest BCUT2D eigenvalue weighted by atomic mass is 16.6. The van der Waals surface area contributed by atoms with Gasteiger partial charge in [-0.3, -0.25) is 0 Å². The van der Waals surface area contributed by atoms with Gasteiger partial charge in [0.05, 0.1) is 6.61 Å². The van der Waals surface area contributed by atoms with Gasteiger partial charge >= 0.3 is 11.9 Å². The molecule has 1 aliphatic rings. The van der Waals surface area contributed by atoms with E-state index in [4.69, 9.17) is 9.47 Å². The molecule has 0 radical (unpaired) electrons. The van der Waals surface area contributed by atoms with Crippen LogP contribution in [0.2, 0.25) is 0 Å². The lowest BCUT2D eigenvalue weighted by Gasteiger charge is -2.35. The van der Waals surface area contributed by atoms with Crippen LogP contribution < -0.4 is 0 Å². The summed E-state index contributed by atoms with van der Waals surface area (Å²) in [6.07, 6.45) is 0.910. The minimum Gasteiger partial charge on any atom is -0.463 e. The topological polar surface area (TPSA) is 52.6 Å². The Morgan fingerprint density at radius 3 is 2.86 bits per heavy atom. The summed E-state index contributed by atoms with van der Waals surface area (Å²) in [5.74, 6) is -1.07. The summed E-state index contributed by atoms with van der Waals surface area (Å²) in [6.45, 7) is 7.39. The first kappa shape index (κ1) is 10.8. The average molecular weight is 198 g/mol. The summed E-state index contributed by atoms with van der Waals surface area (Å²) < 4.78 is 9.76. The Morgan fingerprint density at radius 1 is 1.71 bits per heavy atom. The van der Waals surface area contributed by atoms with Crippen molar-refractivity contribution >= 4 is 11.9 Å². The summed E-state index contributed by atoms with van der Waals surface area (Å²) in [7, 11) is 0. The standard InChI is InChI=1S/C10H14O4/c1-4-7(11)14-8-9(12)13-6-5-10(8,2)3/h4,8H,1,5-6H2,2-3H3. The molecule has 1 unspecified atom stereocenters. The molecule has 0 saturated carbocycles. The molecule has 0 bridgehead atoms. The van der Waals surface area contributed by atoms with Crippen LogP contribution >= 0.6 is 0 Å². The fourth-order valence-corrected chi connectivity index (χ4v) is 1.31. The molecule has 1 atom stereocenters. The van der Waals surface area contributed by atoms with Gasteiger partial charge < -0.3 is 9.47 Å². The second-order valence-electron chi connectivity index (χ2n) is 3.93. The second-order valence-corrected chi connectivity index (χ2v) is 3.93. The van der Waals surface area contributed by atoms with Crippen molar-refractivity contribution in [2.24, 2.45) is 5.41 Å². The first-order chi connectivity index (χ1) is 6.47. The Labute approximate surface area is 82.9 Å². The van der Waals surface area contributed by atoms with Gasteiger partial charge in [-0.15, -0.1) is 0 Å². The monoisotopic (exact) mass is 198 g/mol. The van der Waals surface area contributed by atoms with Crippen molar-refractivity contribution < 1.29 is 19.1 Å². The molecule has 0 aromatic carbocycles. The van der Waals surface area contributed by atoms with E-state index in [1.165, 1.54) is 0 Å². The summed E-state index contributed by atoms with van der Waals surface area (Å²) in [6, 6.07) is 0. The van der Waals surface area contributed by atoms with Crippen molar-refractivity contribution in [3.8, 4) is 0 Å². The maximum atomic E-state index is 11.3. The number of esters is 2. The Kier molecular flexibility index (Phi) is 2.93. The molecule has 0 aliphatic carbocycles. The highest BCUT2D eigenvalue weighted by Gasteiger charge is 2.42. The van der Waals surface area contributed by atoms with E-state index in [1.807, 2.05) is 13.8 Å². The van der Waals surface area contributed by atoms with E-state index in [-0.39, 0.29) is 5.41 Å². The van der Waals surface area contributed by atoms with Crippen LogP contribution in [-0.2, 0) is 19.1 Å². The van der Waals surface area contributed by atoms with E-state index in [2.05, 4.69) is 6.58 Å². The van der Waals surface area contributed by atoms with Crippen LogP contribution in [0, 0.1) is 5.41 Å². The molecule has 0 amide bonds. The quantitative estimate of drug-likeness (QED) is 0.491. The largest absolute Gasteiger partial charge is 0.463 e. The molecule has 4 heteroatoms. The lowest BCUT2D eigenvalue weighted by molar-refractivity contribution is -0.182. The molecule has 0 aromatic heterocycles. The van der Waals surface area contributed by atoms with Gasteiger partial charge in [-0.2, -0.15) is 0 Å². The van der Waals surface area contributed by atoms with E-state index in [9.17, 15) is 9.59 Å². The zero-order valence-corrected chi connectivity index (χ0v) is 8.41. The molecule has 1 heterocycles. The van der Waals surface area contributed by atoms with Crippen LogP contribution in [0.3, 0.4) is 0 Å². The second kappa shape index (κ2) is 3.82. The van der Waals surface area contributed by atoms with Gasteiger partial charge in [0.1, 0.15) is 0 Å². The van der Waals surface area contributed by atoms with Crippen molar-refractivity contribution in [3.63, 3.8) is 0 Å². The lowest BCUT2D eigenvalue weighted by Crippen LogP contribution is -2.46. The average Bonchev–Trinajstić information content (AvgIpc) is 2.11. The van der Waals surface area contributed by atoms with Gasteiger partial charge in [0.25, 0.3) is 0 Å².